The quantitative estimate of drug-likeness (QED) is 0.406. The maximum atomic E-state index is 12.8. The van der Waals surface area contributed by atoms with Gasteiger partial charge in [0.1, 0.15) is 11.9 Å². The Labute approximate surface area is 148 Å². The summed E-state index contributed by atoms with van der Waals surface area (Å²) in [4.78, 5) is 12.8. The Kier molecular flexibility index (Phi) is 5.39. The average Bonchev–Trinajstić information content (AvgIpc) is 3.43. The van der Waals surface area contributed by atoms with Crippen LogP contribution >= 0.6 is 0 Å². The van der Waals surface area contributed by atoms with Gasteiger partial charge in [0.05, 0.1) is 13.7 Å². The van der Waals surface area contributed by atoms with Crippen molar-refractivity contribution >= 4 is 5.97 Å². The predicted molar refractivity (Wildman–Crippen MR) is 95.4 cm³/mol. The van der Waals surface area contributed by atoms with Crippen LogP contribution in [0.15, 0.2) is 54.6 Å². The zero-order valence-electron chi connectivity index (χ0n) is 14.7. The Hall–Kier alpha value is -2.33. The lowest BCUT2D eigenvalue weighted by Crippen LogP contribution is -2.26. The van der Waals surface area contributed by atoms with Gasteiger partial charge in [-0.1, -0.05) is 62.2 Å². The highest BCUT2D eigenvalue weighted by Gasteiger charge is 2.65. The van der Waals surface area contributed by atoms with Gasteiger partial charge in [0, 0.05) is 0 Å². The Balaban J connectivity index is 1.81. The second-order valence-electron chi connectivity index (χ2n) is 6.22. The molecular weight excluding hydrogens is 316 g/mol. The van der Waals surface area contributed by atoms with E-state index in [1.807, 2.05) is 54.6 Å². The number of esters is 1. The maximum absolute atomic E-state index is 12.8. The first-order chi connectivity index (χ1) is 12.2. The van der Waals surface area contributed by atoms with Crippen LogP contribution in [-0.4, -0.2) is 19.7 Å². The van der Waals surface area contributed by atoms with Crippen molar-refractivity contribution in [3.05, 3.63) is 65.7 Å². The van der Waals surface area contributed by atoms with E-state index >= 15 is 0 Å². The number of benzene rings is 2. The fourth-order valence-corrected chi connectivity index (χ4v) is 3.04. The van der Waals surface area contributed by atoms with E-state index in [2.05, 4.69) is 6.92 Å². The molecule has 0 saturated carbocycles. The number of epoxide rings is 1. The first kappa shape index (κ1) is 17.5. The van der Waals surface area contributed by atoms with Crippen LogP contribution in [0.2, 0.25) is 0 Å². The van der Waals surface area contributed by atoms with Gasteiger partial charge in [0.15, 0.2) is 0 Å². The van der Waals surface area contributed by atoms with E-state index in [-0.39, 0.29) is 12.1 Å². The van der Waals surface area contributed by atoms with Gasteiger partial charge in [-0.15, -0.1) is 0 Å². The molecule has 2 aromatic carbocycles. The van der Waals surface area contributed by atoms with Crippen LogP contribution in [-0.2, 0) is 19.9 Å². The largest absolute Gasteiger partial charge is 0.497 e. The Bertz CT molecular complexity index is 696. The van der Waals surface area contributed by atoms with E-state index in [4.69, 9.17) is 14.2 Å². The molecule has 1 heterocycles. The summed E-state index contributed by atoms with van der Waals surface area (Å²) in [6.45, 7) is 2.55. The van der Waals surface area contributed by atoms with Gasteiger partial charge in [0.2, 0.25) is 5.60 Å². The van der Waals surface area contributed by atoms with Crippen LogP contribution in [0.25, 0.3) is 0 Å². The van der Waals surface area contributed by atoms with Crippen LogP contribution < -0.4 is 4.74 Å². The number of rotatable bonds is 8. The molecule has 0 aliphatic carbocycles. The van der Waals surface area contributed by atoms with Crippen LogP contribution in [0.5, 0.6) is 5.75 Å². The fraction of sp³-hybridized carbons (Fsp3) is 0.381. The summed E-state index contributed by atoms with van der Waals surface area (Å²) in [5.74, 6) is 0.465. The minimum atomic E-state index is -1.04. The summed E-state index contributed by atoms with van der Waals surface area (Å²) in [5.41, 5.74) is 0.730. The molecule has 132 valence electrons. The molecule has 1 aliphatic rings. The summed E-state index contributed by atoms with van der Waals surface area (Å²) < 4.78 is 16.7. The zero-order valence-corrected chi connectivity index (χ0v) is 14.7. The number of hydrogen-bond donors (Lipinski definition) is 0. The number of unbranched alkanes of at least 4 members (excludes halogenated alkanes) is 2. The monoisotopic (exact) mass is 340 g/mol. The molecule has 0 radical (unpaired) electrons. The van der Waals surface area contributed by atoms with Gasteiger partial charge in [-0.2, -0.15) is 0 Å². The molecule has 4 heteroatoms. The first-order valence-electron chi connectivity index (χ1n) is 8.77. The summed E-state index contributed by atoms with van der Waals surface area (Å²) in [6, 6.07) is 17.2. The standard InChI is InChI=1S/C21H24O4/c1-3-4-8-15-24-20(22)21(17-9-6-5-7-10-17)19(25-21)16-11-13-18(23-2)14-12-16/h5-7,9-14,19H,3-4,8,15H2,1-2H3. The molecule has 2 unspecified atom stereocenters. The predicted octanol–water partition coefficient (Wildman–Crippen LogP) is 4.40. The van der Waals surface area contributed by atoms with E-state index in [9.17, 15) is 4.79 Å². The minimum Gasteiger partial charge on any atom is -0.497 e. The summed E-state index contributed by atoms with van der Waals surface area (Å²) in [5, 5.41) is 0. The molecule has 2 atom stereocenters. The zero-order chi connectivity index (χ0) is 17.7. The SMILES string of the molecule is CCCCCOC(=O)C1(c2ccccc2)OC1c1ccc(OC)cc1. The molecular formula is C21H24O4. The lowest BCUT2D eigenvalue weighted by molar-refractivity contribution is -0.150. The van der Waals surface area contributed by atoms with E-state index in [0.29, 0.717) is 6.61 Å². The highest BCUT2D eigenvalue weighted by Crippen LogP contribution is 2.57. The second-order valence-corrected chi connectivity index (χ2v) is 6.22. The lowest BCUT2D eigenvalue weighted by Gasteiger charge is -2.13. The maximum Gasteiger partial charge on any atom is 0.346 e. The van der Waals surface area contributed by atoms with Crippen LogP contribution in [0, 0.1) is 0 Å². The van der Waals surface area contributed by atoms with Crippen molar-refractivity contribution in [1.29, 1.82) is 0 Å². The van der Waals surface area contributed by atoms with Crippen molar-refractivity contribution in [3.8, 4) is 5.75 Å². The molecule has 3 rings (SSSR count). The topological polar surface area (TPSA) is 48.1 Å². The highest BCUT2D eigenvalue weighted by atomic mass is 16.7. The number of methoxy groups -OCH3 is 1. The molecule has 0 N–H and O–H groups in total. The van der Waals surface area contributed by atoms with Crippen molar-refractivity contribution in [2.24, 2.45) is 0 Å². The van der Waals surface area contributed by atoms with E-state index in [0.717, 1.165) is 36.1 Å². The third kappa shape index (κ3) is 3.54. The van der Waals surface area contributed by atoms with Gasteiger partial charge in [0.25, 0.3) is 0 Å². The molecule has 0 bridgehead atoms. The number of ether oxygens (including phenoxy) is 3. The third-order valence-corrected chi connectivity index (χ3v) is 4.52. The van der Waals surface area contributed by atoms with Crippen LogP contribution in [0.4, 0.5) is 0 Å². The molecule has 1 saturated heterocycles. The van der Waals surface area contributed by atoms with Gasteiger partial charge >= 0.3 is 5.97 Å². The van der Waals surface area contributed by atoms with E-state index in [1.165, 1.54) is 0 Å². The first-order valence-corrected chi connectivity index (χ1v) is 8.77. The molecule has 2 aromatic rings. The number of hydrogen-bond acceptors (Lipinski definition) is 4. The highest BCUT2D eigenvalue weighted by molar-refractivity contribution is 5.85. The molecule has 25 heavy (non-hydrogen) atoms. The van der Waals surface area contributed by atoms with Crippen molar-refractivity contribution in [1.82, 2.24) is 0 Å². The number of carbonyl (C=O) groups excluding carboxylic acids is 1. The molecule has 1 fully saturated rings. The van der Waals surface area contributed by atoms with Crippen molar-refractivity contribution < 1.29 is 19.0 Å². The van der Waals surface area contributed by atoms with Gasteiger partial charge in [-0.05, 0) is 29.7 Å². The Morgan fingerprint density at radius 1 is 1.08 bits per heavy atom. The van der Waals surface area contributed by atoms with Gasteiger partial charge in [-0.3, -0.25) is 0 Å². The smallest absolute Gasteiger partial charge is 0.346 e. The summed E-state index contributed by atoms with van der Waals surface area (Å²) in [7, 11) is 1.63. The van der Waals surface area contributed by atoms with Crippen molar-refractivity contribution in [2.45, 2.75) is 37.9 Å². The average molecular weight is 340 g/mol. The molecule has 0 spiro atoms. The Morgan fingerprint density at radius 3 is 2.44 bits per heavy atom. The third-order valence-electron chi connectivity index (χ3n) is 4.52. The normalized spacial score (nSPS) is 21.6. The summed E-state index contributed by atoms with van der Waals surface area (Å²) in [6.07, 6.45) is 2.68. The Morgan fingerprint density at radius 2 is 1.80 bits per heavy atom. The van der Waals surface area contributed by atoms with E-state index in [1.54, 1.807) is 7.11 Å². The molecule has 1 aliphatic heterocycles. The van der Waals surface area contributed by atoms with Crippen LogP contribution in [0.1, 0.15) is 43.4 Å². The lowest BCUT2D eigenvalue weighted by atomic mass is 9.91. The number of carbonyl (C=O) groups is 1. The fourth-order valence-electron chi connectivity index (χ4n) is 3.04. The van der Waals surface area contributed by atoms with E-state index < -0.39 is 5.60 Å². The second kappa shape index (κ2) is 7.70. The van der Waals surface area contributed by atoms with Gasteiger partial charge < -0.3 is 14.2 Å². The van der Waals surface area contributed by atoms with Crippen molar-refractivity contribution in [3.63, 3.8) is 0 Å². The van der Waals surface area contributed by atoms with Crippen LogP contribution in [0.3, 0.4) is 0 Å². The molecule has 0 aromatic heterocycles. The van der Waals surface area contributed by atoms with Gasteiger partial charge in [-0.25, -0.2) is 4.79 Å². The van der Waals surface area contributed by atoms with Crippen molar-refractivity contribution in [2.75, 3.05) is 13.7 Å². The minimum absolute atomic E-state index is 0.310. The summed E-state index contributed by atoms with van der Waals surface area (Å²) >= 11 is 0. The molecule has 0 amide bonds. The molecule has 4 nitrogen and oxygen atoms in total.